The van der Waals surface area contributed by atoms with E-state index in [-0.39, 0.29) is 4.91 Å². The quantitative estimate of drug-likeness (QED) is 0.730. The molecule has 24 heavy (non-hydrogen) atoms. The third-order valence-electron chi connectivity index (χ3n) is 3.42. The van der Waals surface area contributed by atoms with Crippen LogP contribution in [0.2, 0.25) is 0 Å². The van der Waals surface area contributed by atoms with E-state index in [1.165, 1.54) is 26.2 Å². The van der Waals surface area contributed by atoms with Crippen LogP contribution in [-0.2, 0) is 16.2 Å². The third-order valence-corrected chi connectivity index (χ3v) is 5.30. The van der Waals surface area contributed by atoms with Crippen molar-refractivity contribution >= 4 is 23.0 Å². The van der Waals surface area contributed by atoms with Crippen molar-refractivity contribution in [3.63, 3.8) is 0 Å². The maximum Gasteiger partial charge on any atom is 0.416 e. The van der Waals surface area contributed by atoms with Crippen LogP contribution < -0.4 is 0 Å². The van der Waals surface area contributed by atoms with Crippen molar-refractivity contribution in [2.24, 2.45) is 9.98 Å². The predicted molar refractivity (Wildman–Crippen MR) is 88.6 cm³/mol. The lowest BCUT2D eigenvalue weighted by Gasteiger charge is -2.25. The van der Waals surface area contributed by atoms with E-state index in [1.807, 2.05) is 0 Å². The summed E-state index contributed by atoms with van der Waals surface area (Å²) in [4.78, 5) is 6.94. The summed E-state index contributed by atoms with van der Waals surface area (Å²) in [5, 5.41) is 0. The van der Waals surface area contributed by atoms with Gasteiger partial charge in [0.25, 0.3) is 0 Å². The number of aliphatic imine (C=N–C) groups is 2. The molecule has 0 spiro atoms. The van der Waals surface area contributed by atoms with E-state index in [9.17, 15) is 21.6 Å². The fourth-order valence-electron chi connectivity index (χ4n) is 1.92. The zero-order valence-electron chi connectivity index (χ0n) is 13.4. The summed E-state index contributed by atoms with van der Waals surface area (Å²) < 4.78 is 63.9. The first-order valence-corrected chi connectivity index (χ1v) is 8.23. The van der Waals surface area contributed by atoms with E-state index >= 15 is 0 Å². The van der Waals surface area contributed by atoms with Gasteiger partial charge < -0.3 is 0 Å². The second-order valence-electron chi connectivity index (χ2n) is 4.92. The highest BCUT2D eigenvalue weighted by molar-refractivity contribution is 7.93. The molecule has 1 aromatic rings. The minimum Gasteiger partial charge on any atom is -0.295 e. The summed E-state index contributed by atoms with van der Waals surface area (Å²) >= 11 is 0. The molecule has 5 nitrogen and oxygen atoms in total. The number of hydrogen-bond donors (Lipinski definition) is 0. The average molecular weight is 361 g/mol. The third kappa shape index (κ3) is 4.51. The molecule has 0 aliphatic carbocycles. The van der Waals surface area contributed by atoms with Gasteiger partial charge in [-0.05, 0) is 31.3 Å². The lowest BCUT2D eigenvalue weighted by molar-refractivity contribution is -0.137. The van der Waals surface area contributed by atoms with Gasteiger partial charge >= 0.3 is 6.18 Å². The number of alkyl halides is 3. The van der Waals surface area contributed by atoms with Gasteiger partial charge in [-0.25, -0.2) is 8.42 Å². The molecule has 0 saturated carbocycles. The van der Waals surface area contributed by atoms with E-state index < -0.39 is 27.8 Å². The number of hydrogen-bond acceptors (Lipinski definition) is 4. The molecule has 132 valence electrons. The molecule has 1 atom stereocenters. The first-order chi connectivity index (χ1) is 11.1. The van der Waals surface area contributed by atoms with Crippen LogP contribution in [0.25, 0.3) is 0 Å². The maximum absolute atomic E-state index is 12.6. The molecule has 0 saturated heterocycles. The van der Waals surface area contributed by atoms with Crippen LogP contribution in [0.3, 0.4) is 0 Å². The lowest BCUT2D eigenvalue weighted by atomic mass is 10.1. The summed E-state index contributed by atoms with van der Waals surface area (Å²) in [6.07, 6.45) is -2.26. The van der Waals surface area contributed by atoms with Gasteiger partial charge in [-0.1, -0.05) is 12.1 Å². The smallest absolute Gasteiger partial charge is 0.295 e. The van der Waals surface area contributed by atoms with E-state index in [0.29, 0.717) is 5.56 Å². The number of rotatable bonds is 6. The van der Waals surface area contributed by atoms with Gasteiger partial charge in [-0.3, -0.25) is 9.98 Å². The normalized spacial score (nSPS) is 15.0. The molecule has 0 aromatic heterocycles. The monoisotopic (exact) mass is 361 g/mol. The fourth-order valence-corrected chi connectivity index (χ4v) is 3.24. The Kier molecular flexibility index (Phi) is 6.44. The largest absolute Gasteiger partial charge is 0.416 e. The predicted octanol–water partition coefficient (Wildman–Crippen LogP) is 3.27. The highest BCUT2D eigenvalue weighted by Crippen LogP contribution is 2.31. The molecule has 0 aliphatic heterocycles. The molecule has 0 bridgehead atoms. The molecule has 0 fully saturated rings. The maximum atomic E-state index is 12.6. The van der Waals surface area contributed by atoms with Crippen LogP contribution in [0.15, 0.2) is 45.4 Å². The number of benzene rings is 1. The molecule has 1 rings (SSSR count). The lowest BCUT2D eigenvalue weighted by Crippen LogP contribution is -2.31. The van der Waals surface area contributed by atoms with Gasteiger partial charge in [-0.2, -0.15) is 17.5 Å². The van der Waals surface area contributed by atoms with E-state index in [2.05, 4.69) is 16.7 Å². The molecule has 0 N–H and O–H groups in total. The van der Waals surface area contributed by atoms with E-state index in [0.717, 1.165) is 28.9 Å². The highest BCUT2D eigenvalue weighted by Gasteiger charge is 2.31. The Hall–Kier alpha value is -2.00. The molecule has 0 unspecified atom stereocenters. The average Bonchev–Trinajstić information content (AvgIpc) is 2.52. The van der Waals surface area contributed by atoms with Gasteiger partial charge in [0.2, 0.25) is 10.0 Å². The number of halogens is 3. The molecular weight excluding hydrogens is 343 g/mol. The Bertz CT molecular complexity index is 738. The molecule has 0 radical (unpaired) electrons. The first kappa shape index (κ1) is 20.0. The second-order valence-corrected chi connectivity index (χ2v) is 6.92. The van der Waals surface area contributed by atoms with Crippen molar-refractivity contribution in [1.29, 1.82) is 0 Å². The van der Waals surface area contributed by atoms with E-state index in [4.69, 9.17) is 0 Å². The minimum absolute atomic E-state index is 0.165. The van der Waals surface area contributed by atoms with Gasteiger partial charge in [0, 0.05) is 32.6 Å². The van der Waals surface area contributed by atoms with Crippen LogP contribution in [-0.4, -0.2) is 39.8 Å². The number of sulfonamides is 1. The van der Waals surface area contributed by atoms with Crippen LogP contribution in [0.5, 0.6) is 0 Å². The van der Waals surface area contributed by atoms with Crippen molar-refractivity contribution in [2.45, 2.75) is 19.1 Å². The fraction of sp³-hybridized carbons (Fsp3) is 0.333. The number of allylic oxidation sites excluding steroid dienone is 1. The van der Waals surface area contributed by atoms with Gasteiger partial charge in [0.1, 0.15) is 4.91 Å². The van der Waals surface area contributed by atoms with Gasteiger partial charge in [0.15, 0.2) is 0 Å². The SMILES string of the molecule is C=N/C=C(\C=NC)S(=O)(=O)N(C)[C@@H](C)c1ccc(C(F)(F)F)cc1. The van der Waals surface area contributed by atoms with Crippen molar-refractivity contribution in [3.8, 4) is 0 Å². The number of nitrogens with zero attached hydrogens (tertiary/aromatic N) is 3. The molecule has 1 aromatic carbocycles. The Labute approximate surface area is 139 Å². The zero-order chi connectivity index (χ0) is 18.5. The van der Waals surface area contributed by atoms with Crippen LogP contribution in [0, 0.1) is 0 Å². The van der Waals surface area contributed by atoms with Crippen molar-refractivity contribution in [2.75, 3.05) is 14.1 Å². The Balaban J connectivity index is 3.16. The summed E-state index contributed by atoms with van der Waals surface area (Å²) in [6, 6.07) is 3.66. The first-order valence-electron chi connectivity index (χ1n) is 6.79. The van der Waals surface area contributed by atoms with Crippen LogP contribution in [0.1, 0.15) is 24.1 Å². The second kappa shape index (κ2) is 7.71. The highest BCUT2D eigenvalue weighted by atomic mass is 32.2. The summed E-state index contributed by atoms with van der Waals surface area (Å²) in [6.45, 7) is 4.79. The minimum atomic E-state index is -4.44. The molecule has 0 amide bonds. The molecule has 9 heteroatoms. The zero-order valence-corrected chi connectivity index (χ0v) is 14.3. The van der Waals surface area contributed by atoms with Gasteiger partial charge in [0.05, 0.1) is 5.56 Å². The topological polar surface area (TPSA) is 62.1 Å². The Morgan fingerprint density at radius 2 is 1.83 bits per heavy atom. The Morgan fingerprint density at radius 1 is 1.29 bits per heavy atom. The van der Waals surface area contributed by atoms with Crippen molar-refractivity contribution < 1.29 is 21.6 Å². The molecule has 0 heterocycles. The Morgan fingerprint density at radius 3 is 2.25 bits per heavy atom. The molecule has 0 aliphatic rings. The van der Waals surface area contributed by atoms with Crippen molar-refractivity contribution in [3.05, 3.63) is 46.5 Å². The van der Waals surface area contributed by atoms with E-state index in [1.54, 1.807) is 6.92 Å². The van der Waals surface area contributed by atoms with Crippen LogP contribution >= 0.6 is 0 Å². The summed E-state index contributed by atoms with van der Waals surface area (Å²) in [7, 11) is -1.18. The summed E-state index contributed by atoms with van der Waals surface area (Å²) in [5.41, 5.74) is -0.369. The standard InChI is InChI=1S/C15H18F3N3O2S/c1-11(12-5-7-13(8-6-12)15(16,17)18)21(4)24(22,23)14(9-19-2)10-20-3/h5-11H,2H2,1,3-4H3/b14-9+,20-10?/t11-/m0/s1. The summed E-state index contributed by atoms with van der Waals surface area (Å²) in [5.74, 6) is 0. The molecular formula is C15H18F3N3O2S. The van der Waals surface area contributed by atoms with Gasteiger partial charge in [-0.15, -0.1) is 0 Å². The van der Waals surface area contributed by atoms with Crippen LogP contribution in [0.4, 0.5) is 13.2 Å². The van der Waals surface area contributed by atoms with Crippen molar-refractivity contribution in [1.82, 2.24) is 4.31 Å².